The summed E-state index contributed by atoms with van der Waals surface area (Å²) in [5.41, 5.74) is 0.766. The highest BCUT2D eigenvalue weighted by atomic mass is 32.2. The highest BCUT2D eigenvalue weighted by molar-refractivity contribution is 7.92. The van der Waals surface area contributed by atoms with Crippen molar-refractivity contribution in [2.75, 3.05) is 37.0 Å². The molecular formula is C22H24N4O6S. The molecule has 0 spiro atoms. The molecule has 3 aromatic rings. The quantitative estimate of drug-likeness (QED) is 0.408. The fourth-order valence-corrected chi connectivity index (χ4v) is 3.79. The molecule has 3 rings (SSSR count). The number of nitrogens with one attached hydrogen (secondary N) is 2. The van der Waals surface area contributed by atoms with Gasteiger partial charge in [-0.25, -0.2) is 18.4 Å². The van der Waals surface area contributed by atoms with Gasteiger partial charge in [-0.2, -0.15) is 0 Å². The van der Waals surface area contributed by atoms with Crippen LogP contribution in [0.25, 0.3) is 0 Å². The van der Waals surface area contributed by atoms with Crippen LogP contribution in [0.4, 0.5) is 11.5 Å². The van der Waals surface area contributed by atoms with E-state index in [2.05, 4.69) is 20.0 Å². The summed E-state index contributed by atoms with van der Waals surface area (Å²) in [5.74, 6) is 0.0569. The van der Waals surface area contributed by atoms with Crippen molar-refractivity contribution >= 4 is 27.4 Å². The Morgan fingerprint density at radius 2 is 1.73 bits per heavy atom. The molecule has 0 unspecified atom stereocenters. The molecule has 174 valence electrons. The number of nitrogens with zero attached hydrogens (tertiary/aromatic N) is 2. The fraction of sp³-hybridized carbons (Fsp3) is 0.227. The van der Waals surface area contributed by atoms with E-state index in [1.54, 1.807) is 24.3 Å². The third-order valence-corrected chi connectivity index (χ3v) is 5.69. The zero-order valence-electron chi connectivity index (χ0n) is 18.1. The monoisotopic (exact) mass is 472 g/mol. The second-order valence-corrected chi connectivity index (χ2v) is 8.22. The molecule has 0 bridgehead atoms. The summed E-state index contributed by atoms with van der Waals surface area (Å²) in [5, 5.41) is 2.74. The van der Waals surface area contributed by atoms with Crippen molar-refractivity contribution in [2.24, 2.45) is 0 Å². The Morgan fingerprint density at radius 1 is 1.00 bits per heavy atom. The second kappa shape index (κ2) is 11.2. The lowest BCUT2D eigenvalue weighted by Gasteiger charge is -2.12. The maximum Gasteiger partial charge on any atom is 0.263 e. The van der Waals surface area contributed by atoms with Crippen molar-refractivity contribution in [3.63, 3.8) is 0 Å². The Bertz CT molecular complexity index is 1190. The Hall–Kier alpha value is -3.70. The molecule has 0 saturated carbocycles. The first-order chi connectivity index (χ1) is 15.9. The molecule has 2 aromatic carbocycles. The first kappa shape index (κ1) is 24.0. The van der Waals surface area contributed by atoms with E-state index in [1.807, 2.05) is 6.92 Å². The van der Waals surface area contributed by atoms with Crippen LogP contribution in [0.3, 0.4) is 0 Å². The van der Waals surface area contributed by atoms with Crippen LogP contribution in [0.2, 0.25) is 0 Å². The van der Waals surface area contributed by atoms with E-state index in [0.717, 1.165) is 0 Å². The zero-order chi connectivity index (χ0) is 23.7. The van der Waals surface area contributed by atoms with Crippen LogP contribution in [-0.4, -0.2) is 51.2 Å². The third kappa shape index (κ3) is 6.40. The lowest BCUT2D eigenvalue weighted by atomic mass is 10.2. The average Bonchev–Trinajstić information content (AvgIpc) is 2.82. The first-order valence-corrected chi connectivity index (χ1v) is 11.5. The number of carbonyl (C=O) groups excluding carboxylic acids is 1. The average molecular weight is 473 g/mol. The van der Waals surface area contributed by atoms with Crippen LogP contribution >= 0.6 is 0 Å². The number of hydrogen-bond donors (Lipinski definition) is 2. The molecule has 11 heteroatoms. The predicted molar refractivity (Wildman–Crippen MR) is 122 cm³/mol. The molecule has 1 amide bonds. The van der Waals surface area contributed by atoms with Gasteiger partial charge in [0.25, 0.3) is 21.8 Å². The fourth-order valence-electron chi connectivity index (χ4n) is 2.78. The van der Waals surface area contributed by atoms with Crippen LogP contribution < -0.4 is 19.5 Å². The van der Waals surface area contributed by atoms with Gasteiger partial charge in [0.05, 0.1) is 24.2 Å². The number of ether oxygens (including phenoxy) is 3. The lowest BCUT2D eigenvalue weighted by molar-refractivity contribution is 0.0998. The molecule has 1 heterocycles. The Balaban J connectivity index is 1.69. The molecule has 2 N–H and O–H groups in total. The minimum absolute atomic E-state index is 0.0205. The minimum atomic E-state index is -3.94. The standard InChI is InChI=1S/C22H24N4O6S/c1-3-31-14-15-32-19-7-5-4-6-18(19)21(27)25-16-8-10-17(11-9-16)33(28,29)26-20-22(30-2)24-13-12-23-20/h4-13H,3,14-15H2,1-2H3,(H,23,26)(H,25,27). The maximum absolute atomic E-state index is 12.7. The number of rotatable bonds is 11. The van der Waals surface area contributed by atoms with Crippen LogP contribution in [0.15, 0.2) is 65.8 Å². The minimum Gasteiger partial charge on any atom is -0.490 e. The van der Waals surface area contributed by atoms with Gasteiger partial charge in [0.15, 0.2) is 0 Å². The highest BCUT2D eigenvalue weighted by Gasteiger charge is 2.19. The van der Waals surface area contributed by atoms with Gasteiger partial charge in [-0.05, 0) is 43.3 Å². The van der Waals surface area contributed by atoms with E-state index in [4.69, 9.17) is 14.2 Å². The van der Waals surface area contributed by atoms with Gasteiger partial charge in [0.2, 0.25) is 5.82 Å². The molecule has 1 aromatic heterocycles. The van der Waals surface area contributed by atoms with E-state index in [9.17, 15) is 13.2 Å². The molecule has 0 radical (unpaired) electrons. The third-order valence-electron chi connectivity index (χ3n) is 4.33. The van der Waals surface area contributed by atoms with Gasteiger partial charge in [-0.1, -0.05) is 12.1 Å². The molecule has 0 atom stereocenters. The lowest BCUT2D eigenvalue weighted by Crippen LogP contribution is -2.16. The topological polar surface area (TPSA) is 129 Å². The summed E-state index contributed by atoms with van der Waals surface area (Å²) in [6.45, 7) is 3.20. The van der Waals surface area contributed by atoms with Gasteiger partial charge in [0, 0.05) is 24.7 Å². The maximum atomic E-state index is 12.7. The van der Waals surface area contributed by atoms with Gasteiger partial charge >= 0.3 is 0 Å². The van der Waals surface area contributed by atoms with Crippen LogP contribution in [0.5, 0.6) is 11.6 Å². The second-order valence-electron chi connectivity index (χ2n) is 6.54. The number of anilines is 2. The van der Waals surface area contributed by atoms with Gasteiger partial charge < -0.3 is 19.5 Å². The number of benzene rings is 2. The van der Waals surface area contributed by atoms with Crippen molar-refractivity contribution in [1.82, 2.24) is 9.97 Å². The summed E-state index contributed by atoms with van der Waals surface area (Å²) in [4.78, 5) is 20.6. The van der Waals surface area contributed by atoms with Crippen molar-refractivity contribution in [3.05, 3.63) is 66.5 Å². The normalized spacial score (nSPS) is 11.0. The van der Waals surface area contributed by atoms with Crippen molar-refractivity contribution in [3.8, 4) is 11.6 Å². The summed E-state index contributed by atoms with van der Waals surface area (Å²) in [6.07, 6.45) is 2.73. The number of para-hydroxylation sites is 1. The summed E-state index contributed by atoms with van der Waals surface area (Å²) >= 11 is 0. The first-order valence-electron chi connectivity index (χ1n) is 10.0. The zero-order valence-corrected chi connectivity index (χ0v) is 19.0. The number of carbonyl (C=O) groups is 1. The van der Waals surface area contributed by atoms with Crippen LogP contribution in [0.1, 0.15) is 17.3 Å². The summed E-state index contributed by atoms with van der Waals surface area (Å²) in [6, 6.07) is 12.5. The van der Waals surface area contributed by atoms with Crippen LogP contribution in [0, 0.1) is 0 Å². The largest absolute Gasteiger partial charge is 0.490 e. The summed E-state index contributed by atoms with van der Waals surface area (Å²) < 4.78 is 43.6. The highest BCUT2D eigenvalue weighted by Crippen LogP contribution is 2.23. The Kier molecular flexibility index (Phi) is 8.17. The van der Waals surface area contributed by atoms with Crippen molar-refractivity contribution in [2.45, 2.75) is 11.8 Å². The van der Waals surface area contributed by atoms with Crippen molar-refractivity contribution < 1.29 is 27.4 Å². The molecular weight excluding hydrogens is 448 g/mol. The molecule has 0 aliphatic heterocycles. The van der Waals surface area contributed by atoms with E-state index in [-0.39, 0.29) is 22.5 Å². The molecule has 0 aliphatic rings. The molecule has 10 nitrogen and oxygen atoms in total. The van der Waals surface area contributed by atoms with Crippen molar-refractivity contribution in [1.29, 1.82) is 0 Å². The van der Waals surface area contributed by atoms with E-state index in [0.29, 0.717) is 36.8 Å². The molecule has 0 aliphatic carbocycles. The summed E-state index contributed by atoms with van der Waals surface area (Å²) in [7, 11) is -2.58. The van der Waals surface area contributed by atoms with Gasteiger partial charge in [-0.15, -0.1) is 0 Å². The number of sulfonamides is 1. The van der Waals surface area contributed by atoms with Crippen LogP contribution in [-0.2, 0) is 14.8 Å². The number of amides is 1. The van der Waals surface area contributed by atoms with E-state index < -0.39 is 10.0 Å². The van der Waals surface area contributed by atoms with E-state index >= 15 is 0 Å². The molecule has 0 fully saturated rings. The Morgan fingerprint density at radius 3 is 2.45 bits per heavy atom. The smallest absolute Gasteiger partial charge is 0.263 e. The number of aromatic nitrogens is 2. The van der Waals surface area contributed by atoms with E-state index in [1.165, 1.54) is 43.8 Å². The number of methoxy groups -OCH3 is 1. The molecule has 33 heavy (non-hydrogen) atoms. The Labute approximate surface area is 192 Å². The number of hydrogen-bond acceptors (Lipinski definition) is 8. The predicted octanol–water partition coefficient (Wildman–Crippen LogP) is 2.95. The SMILES string of the molecule is CCOCCOc1ccccc1C(=O)Nc1ccc(S(=O)(=O)Nc2nccnc2OC)cc1. The molecule has 0 saturated heterocycles. The van der Waals surface area contributed by atoms with Gasteiger partial charge in [0.1, 0.15) is 12.4 Å². The van der Waals surface area contributed by atoms with Gasteiger partial charge in [-0.3, -0.25) is 9.52 Å².